The number of hydrogen-bond donors (Lipinski definition) is 1. The second-order valence-corrected chi connectivity index (χ2v) is 7.68. The number of hydrogen-bond acceptors (Lipinski definition) is 4. The number of halogens is 1. The third-order valence-corrected chi connectivity index (χ3v) is 6.15. The minimum Gasteiger partial charge on any atom is -0.263 e. The van der Waals surface area contributed by atoms with Gasteiger partial charge in [-0.3, -0.25) is 5.10 Å². The van der Waals surface area contributed by atoms with Crippen LogP contribution in [0, 0.1) is 19.7 Å². The average Bonchev–Trinajstić information content (AvgIpc) is 2.96. The molecule has 6 nitrogen and oxygen atoms in total. The quantitative estimate of drug-likeness (QED) is 0.932. The number of sulfonamides is 1. The lowest BCUT2D eigenvalue weighted by Crippen LogP contribution is -2.39. The number of aromatic amines is 1. The van der Waals surface area contributed by atoms with E-state index in [-0.39, 0.29) is 4.90 Å². The lowest BCUT2D eigenvalue weighted by molar-refractivity contribution is 0.246. The number of benzene rings is 1. The standard InChI is InChI=1S/C15H19FN4O2S/c1-10-6-7-12(16)9-14(10)23(21,22)20-8-4-3-5-13(20)15-17-11(2)18-19-15/h6-7,9,13H,3-5,8H2,1-2H3,(H,17,18,19). The molecule has 1 aliphatic heterocycles. The molecule has 1 unspecified atom stereocenters. The SMILES string of the molecule is Cc1nc(C2CCCCN2S(=O)(=O)c2cc(F)ccc2C)n[nH]1. The second-order valence-electron chi connectivity index (χ2n) is 5.82. The molecule has 0 aliphatic carbocycles. The highest BCUT2D eigenvalue weighted by atomic mass is 32.2. The Kier molecular flexibility index (Phi) is 4.20. The highest BCUT2D eigenvalue weighted by Gasteiger charge is 2.37. The van der Waals surface area contributed by atoms with Crippen molar-refractivity contribution >= 4 is 10.0 Å². The van der Waals surface area contributed by atoms with Crippen LogP contribution in [0.4, 0.5) is 4.39 Å². The summed E-state index contributed by atoms with van der Waals surface area (Å²) >= 11 is 0. The van der Waals surface area contributed by atoms with Gasteiger partial charge in [-0.2, -0.15) is 9.40 Å². The molecule has 3 rings (SSSR count). The molecular weight excluding hydrogens is 319 g/mol. The van der Waals surface area contributed by atoms with Gasteiger partial charge in [0, 0.05) is 6.54 Å². The number of nitrogens with zero attached hydrogens (tertiary/aromatic N) is 3. The summed E-state index contributed by atoms with van der Waals surface area (Å²) in [6.07, 6.45) is 2.34. The van der Waals surface area contributed by atoms with E-state index < -0.39 is 21.9 Å². The monoisotopic (exact) mass is 338 g/mol. The molecule has 8 heteroatoms. The van der Waals surface area contributed by atoms with E-state index in [9.17, 15) is 12.8 Å². The summed E-state index contributed by atoms with van der Waals surface area (Å²) < 4.78 is 41.0. The van der Waals surface area contributed by atoms with Gasteiger partial charge in [-0.25, -0.2) is 17.8 Å². The van der Waals surface area contributed by atoms with Crippen molar-refractivity contribution in [3.05, 3.63) is 41.2 Å². The summed E-state index contributed by atoms with van der Waals surface area (Å²) in [5.41, 5.74) is 0.530. The second kappa shape index (κ2) is 6.01. The molecule has 1 aromatic carbocycles. The number of aromatic nitrogens is 3. The van der Waals surface area contributed by atoms with E-state index in [1.165, 1.54) is 16.4 Å². The van der Waals surface area contributed by atoms with Crippen molar-refractivity contribution in [1.82, 2.24) is 19.5 Å². The van der Waals surface area contributed by atoms with Crippen molar-refractivity contribution in [3.8, 4) is 0 Å². The van der Waals surface area contributed by atoms with Gasteiger partial charge in [0.2, 0.25) is 10.0 Å². The molecule has 0 spiro atoms. The summed E-state index contributed by atoms with van der Waals surface area (Å²) in [4.78, 5) is 4.30. The zero-order chi connectivity index (χ0) is 16.6. The van der Waals surface area contributed by atoms with Gasteiger partial charge in [0.05, 0.1) is 10.9 Å². The number of H-pyrrole nitrogens is 1. The minimum atomic E-state index is -3.80. The van der Waals surface area contributed by atoms with Gasteiger partial charge >= 0.3 is 0 Å². The molecular formula is C15H19FN4O2S. The Balaban J connectivity index is 2.04. The highest BCUT2D eigenvalue weighted by Crippen LogP contribution is 2.34. The molecule has 0 amide bonds. The Morgan fingerprint density at radius 3 is 2.78 bits per heavy atom. The zero-order valence-corrected chi connectivity index (χ0v) is 13.9. The van der Waals surface area contributed by atoms with Crippen LogP contribution in [0.25, 0.3) is 0 Å². The molecule has 0 radical (unpaired) electrons. The summed E-state index contributed by atoms with van der Waals surface area (Å²) in [7, 11) is -3.80. The molecule has 1 fully saturated rings. The predicted molar refractivity (Wildman–Crippen MR) is 82.7 cm³/mol. The number of aryl methyl sites for hydroxylation is 2. The van der Waals surface area contributed by atoms with Gasteiger partial charge in [-0.1, -0.05) is 12.5 Å². The first-order valence-corrected chi connectivity index (χ1v) is 9.00. The predicted octanol–water partition coefficient (Wildman–Crippen LogP) is 2.48. The minimum absolute atomic E-state index is 0.0108. The first kappa shape index (κ1) is 16.1. The lowest BCUT2D eigenvalue weighted by atomic mass is 10.0. The van der Waals surface area contributed by atoms with Gasteiger partial charge in [0.1, 0.15) is 11.6 Å². The molecule has 124 valence electrons. The van der Waals surface area contributed by atoms with Crippen LogP contribution in [0.5, 0.6) is 0 Å². The van der Waals surface area contributed by atoms with Crippen molar-refractivity contribution in [2.45, 2.75) is 44.0 Å². The lowest BCUT2D eigenvalue weighted by Gasteiger charge is -2.33. The molecule has 23 heavy (non-hydrogen) atoms. The van der Waals surface area contributed by atoms with E-state index in [2.05, 4.69) is 15.2 Å². The molecule has 1 saturated heterocycles. The van der Waals surface area contributed by atoms with E-state index in [4.69, 9.17) is 0 Å². The van der Waals surface area contributed by atoms with Gasteiger partial charge in [-0.15, -0.1) is 0 Å². The van der Waals surface area contributed by atoms with Crippen molar-refractivity contribution < 1.29 is 12.8 Å². The Morgan fingerprint density at radius 1 is 1.30 bits per heavy atom. The average molecular weight is 338 g/mol. The highest BCUT2D eigenvalue weighted by molar-refractivity contribution is 7.89. The zero-order valence-electron chi connectivity index (χ0n) is 13.1. The van der Waals surface area contributed by atoms with E-state index in [0.717, 1.165) is 18.9 Å². The molecule has 0 saturated carbocycles. The summed E-state index contributed by atoms with van der Waals surface area (Å²) in [5, 5.41) is 6.88. The van der Waals surface area contributed by atoms with E-state index >= 15 is 0 Å². The van der Waals surface area contributed by atoms with Crippen LogP contribution in [-0.2, 0) is 10.0 Å². The Bertz CT molecular complexity index is 819. The van der Waals surface area contributed by atoms with Gasteiger partial charge < -0.3 is 0 Å². The van der Waals surface area contributed by atoms with E-state index in [1.54, 1.807) is 13.8 Å². The first-order valence-electron chi connectivity index (χ1n) is 7.56. The summed E-state index contributed by atoms with van der Waals surface area (Å²) in [6, 6.07) is 3.42. The first-order chi connectivity index (χ1) is 10.9. The summed E-state index contributed by atoms with van der Waals surface area (Å²) in [6.45, 7) is 3.83. The van der Waals surface area contributed by atoms with Gasteiger partial charge in [0.25, 0.3) is 0 Å². The molecule has 2 aromatic rings. The fraction of sp³-hybridized carbons (Fsp3) is 0.467. The third-order valence-electron chi connectivity index (χ3n) is 4.10. The largest absolute Gasteiger partial charge is 0.263 e. The van der Waals surface area contributed by atoms with E-state index in [1.807, 2.05) is 0 Å². The van der Waals surface area contributed by atoms with Crippen LogP contribution in [-0.4, -0.2) is 34.4 Å². The molecule has 1 aromatic heterocycles. The maximum Gasteiger partial charge on any atom is 0.244 e. The van der Waals surface area contributed by atoms with Crippen LogP contribution in [0.1, 0.15) is 42.5 Å². The molecule has 0 bridgehead atoms. The Labute approximate surface area is 134 Å². The third kappa shape index (κ3) is 3.00. The topological polar surface area (TPSA) is 79.0 Å². The summed E-state index contributed by atoms with van der Waals surface area (Å²) in [5.74, 6) is 0.557. The van der Waals surface area contributed by atoms with Crippen LogP contribution in [0.15, 0.2) is 23.1 Å². The maximum absolute atomic E-state index is 13.6. The van der Waals surface area contributed by atoms with Crippen LogP contribution >= 0.6 is 0 Å². The molecule has 1 aliphatic rings. The number of rotatable bonds is 3. The fourth-order valence-electron chi connectivity index (χ4n) is 2.94. The van der Waals surface area contributed by atoms with Crippen molar-refractivity contribution in [2.24, 2.45) is 0 Å². The van der Waals surface area contributed by atoms with Crippen molar-refractivity contribution in [2.75, 3.05) is 6.54 Å². The smallest absolute Gasteiger partial charge is 0.244 e. The Morgan fingerprint density at radius 2 is 2.09 bits per heavy atom. The van der Waals surface area contributed by atoms with Gasteiger partial charge in [-0.05, 0) is 44.4 Å². The fourth-order valence-corrected chi connectivity index (χ4v) is 4.83. The molecule has 1 atom stereocenters. The van der Waals surface area contributed by atoms with Crippen molar-refractivity contribution in [3.63, 3.8) is 0 Å². The van der Waals surface area contributed by atoms with E-state index in [0.29, 0.717) is 30.2 Å². The number of piperidine rings is 1. The maximum atomic E-state index is 13.6. The number of nitrogens with one attached hydrogen (secondary N) is 1. The van der Waals surface area contributed by atoms with Crippen LogP contribution in [0.3, 0.4) is 0 Å². The van der Waals surface area contributed by atoms with Crippen LogP contribution < -0.4 is 0 Å². The van der Waals surface area contributed by atoms with Crippen LogP contribution in [0.2, 0.25) is 0 Å². The molecule has 2 heterocycles. The van der Waals surface area contributed by atoms with Gasteiger partial charge in [0.15, 0.2) is 5.82 Å². The normalized spacial score (nSPS) is 19.9. The Hall–Kier alpha value is -1.80. The molecule has 1 N–H and O–H groups in total. The van der Waals surface area contributed by atoms with Crippen molar-refractivity contribution in [1.29, 1.82) is 0 Å².